The molecule has 1 aromatic heterocycles. The molecule has 1 fully saturated rings. The highest BCUT2D eigenvalue weighted by Gasteiger charge is 2.22. The zero-order chi connectivity index (χ0) is 32.5. The van der Waals surface area contributed by atoms with E-state index in [1.165, 1.54) is 30.6 Å². The Bertz CT molecular complexity index is 1590. The molecular formula is C28H33NO12P2S. The lowest BCUT2D eigenvalue weighted by Crippen LogP contribution is -2.33. The van der Waals surface area contributed by atoms with Crippen LogP contribution in [0.2, 0.25) is 0 Å². The lowest BCUT2D eigenvalue weighted by atomic mass is 9.97. The highest BCUT2D eigenvalue weighted by molar-refractivity contribution is 7.45. The van der Waals surface area contributed by atoms with E-state index < -0.39 is 15.6 Å². The first-order valence-electron chi connectivity index (χ1n) is 13.2. The minimum atomic E-state index is -4.64. The molecule has 0 radical (unpaired) electrons. The van der Waals surface area contributed by atoms with E-state index in [1.54, 1.807) is 42.5 Å². The Morgan fingerprint density at radius 2 is 1.32 bits per heavy atom. The molecular weight excluding hydrogens is 636 g/mol. The Labute approximate surface area is 256 Å². The number of phosphoric acid groups is 2. The summed E-state index contributed by atoms with van der Waals surface area (Å²) >= 11 is 1.46. The van der Waals surface area contributed by atoms with Crippen molar-refractivity contribution in [3.63, 3.8) is 0 Å². The number of thiophene rings is 1. The zero-order valence-corrected chi connectivity index (χ0v) is 25.9. The molecule has 0 atom stereocenters. The number of aromatic hydroxyl groups is 2. The first-order valence-corrected chi connectivity index (χ1v) is 17.1. The third-order valence-electron chi connectivity index (χ3n) is 6.27. The van der Waals surface area contributed by atoms with Crippen molar-refractivity contribution in [2.75, 3.05) is 26.2 Å². The highest BCUT2D eigenvalue weighted by atomic mass is 32.1. The van der Waals surface area contributed by atoms with Crippen molar-refractivity contribution in [1.82, 2.24) is 4.90 Å². The Kier molecular flexibility index (Phi) is 12.6. The Balaban J connectivity index is 0.000000461. The lowest BCUT2D eigenvalue weighted by Gasteiger charge is -2.26. The minimum absolute atomic E-state index is 0.0834. The number of ketones is 1. The number of likely N-dealkylation sites (tertiary alicyclic amines) is 1. The fourth-order valence-electron chi connectivity index (χ4n) is 4.45. The van der Waals surface area contributed by atoms with E-state index in [1.807, 2.05) is 24.3 Å². The highest BCUT2D eigenvalue weighted by Crippen LogP contribution is 2.41. The summed E-state index contributed by atoms with van der Waals surface area (Å²) in [6.45, 7) is 3.85. The van der Waals surface area contributed by atoms with Crippen LogP contribution in [-0.4, -0.2) is 76.5 Å². The maximum atomic E-state index is 13.6. The molecule has 0 unspecified atom stereocenters. The van der Waals surface area contributed by atoms with Gasteiger partial charge in [0.05, 0.1) is 0 Å². The van der Waals surface area contributed by atoms with Gasteiger partial charge in [0.1, 0.15) is 23.9 Å². The summed E-state index contributed by atoms with van der Waals surface area (Å²) in [6, 6.07) is 19.2. The van der Waals surface area contributed by atoms with Gasteiger partial charge in [0.2, 0.25) is 0 Å². The molecule has 13 nitrogen and oxygen atoms in total. The summed E-state index contributed by atoms with van der Waals surface area (Å²) in [5.41, 5.74) is 2.03. The number of hydrogen-bond donors (Lipinski definition) is 8. The van der Waals surface area contributed by atoms with Crippen molar-refractivity contribution in [1.29, 1.82) is 0 Å². The molecule has 1 aliphatic heterocycles. The third kappa shape index (κ3) is 12.1. The molecule has 2 heterocycles. The molecule has 16 heteroatoms. The fraction of sp³-hybridized carbons (Fsp3) is 0.250. The van der Waals surface area contributed by atoms with Crippen LogP contribution in [0.5, 0.6) is 17.2 Å². The predicted octanol–water partition coefficient (Wildman–Crippen LogP) is 4.22. The van der Waals surface area contributed by atoms with E-state index >= 15 is 0 Å². The number of ether oxygens (including phenoxy) is 1. The second-order valence-corrected chi connectivity index (χ2v) is 12.8. The topological polar surface area (TPSA) is 226 Å². The van der Waals surface area contributed by atoms with E-state index in [4.69, 9.17) is 43.2 Å². The molecule has 1 aliphatic rings. The van der Waals surface area contributed by atoms with E-state index in [2.05, 4.69) is 4.90 Å². The molecule has 0 bridgehead atoms. The molecule has 4 aromatic rings. The number of benzene rings is 3. The number of carbonyl (C=O) groups is 1. The molecule has 0 amide bonds. The van der Waals surface area contributed by atoms with Crippen LogP contribution >= 0.6 is 27.0 Å². The summed E-state index contributed by atoms with van der Waals surface area (Å²) in [4.78, 5) is 60.0. The first-order chi connectivity index (χ1) is 20.6. The van der Waals surface area contributed by atoms with Gasteiger partial charge in [-0.05, 0) is 98.2 Å². The molecule has 238 valence electrons. The van der Waals surface area contributed by atoms with Crippen LogP contribution in [0.1, 0.15) is 35.2 Å². The van der Waals surface area contributed by atoms with Gasteiger partial charge in [-0.1, -0.05) is 6.42 Å². The van der Waals surface area contributed by atoms with Crippen molar-refractivity contribution in [2.24, 2.45) is 0 Å². The monoisotopic (exact) mass is 669 g/mol. The summed E-state index contributed by atoms with van der Waals surface area (Å²) in [7, 11) is -9.28. The van der Waals surface area contributed by atoms with Crippen LogP contribution in [0, 0.1) is 0 Å². The van der Waals surface area contributed by atoms with Gasteiger partial charge in [-0.25, -0.2) is 9.13 Å². The van der Waals surface area contributed by atoms with E-state index in [0.29, 0.717) is 17.7 Å². The van der Waals surface area contributed by atoms with Crippen molar-refractivity contribution in [3.8, 4) is 27.7 Å². The smallest absolute Gasteiger partial charge is 0.466 e. The van der Waals surface area contributed by atoms with Gasteiger partial charge in [0, 0.05) is 32.6 Å². The Morgan fingerprint density at radius 1 is 0.773 bits per heavy atom. The normalized spacial score (nSPS) is 13.8. The van der Waals surface area contributed by atoms with Gasteiger partial charge in [-0.3, -0.25) is 9.69 Å². The molecule has 0 aliphatic carbocycles. The average Bonchev–Trinajstić information content (AvgIpc) is 3.31. The van der Waals surface area contributed by atoms with Gasteiger partial charge in [-0.2, -0.15) is 0 Å². The van der Waals surface area contributed by atoms with E-state index in [0.717, 1.165) is 45.9 Å². The number of fused-ring (bicyclic) bond motifs is 1. The molecule has 5 rings (SSSR count). The molecule has 0 spiro atoms. The SMILES string of the molecule is O=C(c1ccc(OCCN2CCCCC2)cc1)c1c(-c2ccc(O)cc2)sc2cc(O)ccc12.O=P(O)(O)O.O=P(O)(O)O. The van der Waals surface area contributed by atoms with Gasteiger partial charge < -0.3 is 44.3 Å². The van der Waals surface area contributed by atoms with Gasteiger partial charge in [0.15, 0.2) is 5.78 Å². The summed E-state index contributed by atoms with van der Waals surface area (Å²) in [6.07, 6.45) is 3.85. The van der Waals surface area contributed by atoms with Crippen molar-refractivity contribution in [2.45, 2.75) is 19.3 Å². The Morgan fingerprint density at radius 3 is 1.89 bits per heavy atom. The van der Waals surface area contributed by atoms with Crippen LogP contribution in [0.4, 0.5) is 0 Å². The minimum Gasteiger partial charge on any atom is -0.508 e. The van der Waals surface area contributed by atoms with Crippen molar-refractivity contribution >= 4 is 42.9 Å². The maximum absolute atomic E-state index is 13.6. The maximum Gasteiger partial charge on any atom is 0.466 e. The molecule has 3 aromatic carbocycles. The third-order valence-corrected chi connectivity index (χ3v) is 7.47. The summed E-state index contributed by atoms with van der Waals surface area (Å²) < 4.78 is 24.5. The van der Waals surface area contributed by atoms with Crippen LogP contribution in [-0.2, 0) is 9.13 Å². The molecule has 44 heavy (non-hydrogen) atoms. The first kappa shape index (κ1) is 35.4. The van der Waals surface area contributed by atoms with Crippen molar-refractivity contribution < 1.29 is 58.2 Å². The summed E-state index contributed by atoms with van der Waals surface area (Å²) in [5.74, 6) is 1.01. The van der Waals surface area contributed by atoms with Gasteiger partial charge in [-0.15, -0.1) is 11.3 Å². The number of carbonyl (C=O) groups excluding carboxylic acids is 1. The number of piperidine rings is 1. The van der Waals surface area contributed by atoms with Crippen molar-refractivity contribution in [3.05, 3.63) is 77.9 Å². The number of phenolic OH excluding ortho intramolecular Hbond substituents is 2. The lowest BCUT2D eigenvalue weighted by molar-refractivity contribution is 0.104. The molecule has 1 saturated heterocycles. The fourth-order valence-corrected chi connectivity index (χ4v) is 5.69. The summed E-state index contributed by atoms with van der Waals surface area (Å²) in [5, 5.41) is 20.4. The van der Waals surface area contributed by atoms with Crippen LogP contribution in [0.15, 0.2) is 66.7 Å². The average molecular weight is 670 g/mol. The number of hydrogen-bond acceptors (Lipinski definition) is 8. The number of rotatable bonds is 7. The predicted molar refractivity (Wildman–Crippen MR) is 165 cm³/mol. The van der Waals surface area contributed by atoms with E-state index in [9.17, 15) is 15.0 Å². The quantitative estimate of drug-likeness (QED) is 0.102. The number of nitrogens with zero attached hydrogens (tertiary/aromatic N) is 1. The standard InChI is InChI=1S/C28H27NO4S.2H3O4P/c30-21-8-4-20(5-9-21)28-26(24-13-10-22(31)18-25(24)34-28)27(32)19-6-11-23(12-7-19)33-17-16-29-14-2-1-3-15-29;2*1-5(2,3)4/h4-13,18,30-31H,1-3,14-17H2;2*(H3,1,2,3,4). The van der Waals surface area contributed by atoms with E-state index in [-0.39, 0.29) is 17.3 Å². The van der Waals surface area contributed by atoms with Crippen LogP contribution in [0.3, 0.4) is 0 Å². The largest absolute Gasteiger partial charge is 0.508 e. The zero-order valence-electron chi connectivity index (χ0n) is 23.3. The molecule has 0 saturated carbocycles. The number of phenols is 2. The van der Waals surface area contributed by atoms with Gasteiger partial charge >= 0.3 is 15.6 Å². The molecule has 8 N–H and O–H groups in total. The van der Waals surface area contributed by atoms with Gasteiger partial charge in [0.25, 0.3) is 0 Å². The van der Waals surface area contributed by atoms with Crippen LogP contribution in [0.25, 0.3) is 20.5 Å². The second kappa shape index (κ2) is 15.7. The second-order valence-electron chi connectivity index (χ2n) is 9.66. The van der Waals surface area contributed by atoms with Crippen LogP contribution < -0.4 is 4.74 Å². The Hall–Kier alpha value is -3.13.